The largest absolute Gasteiger partial charge is 0.370 e. The molecule has 7 nitrogen and oxygen atoms in total. The lowest BCUT2D eigenvalue weighted by Gasteiger charge is -2.33. The fraction of sp³-hybridized carbons (Fsp3) is 0.600. The summed E-state index contributed by atoms with van der Waals surface area (Å²) >= 11 is 0. The molecule has 1 aliphatic heterocycles. The fourth-order valence-corrected chi connectivity index (χ4v) is 0.741. The topological polar surface area (TPSA) is 108 Å². The minimum Gasteiger partial charge on any atom is -0.370 e. The van der Waals surface area contributed by atoms with E-state index < -0.39 is 23.8 Å². The van der Waals surface area contributed by atoms with E-state index in [-0.39, 0.29) is 0 Å². The molecule has 4 N–H and O–H groups in total. The molecule has 0 spiro atoms. The smallest absolute Gasteiger partial charge is 0.323 e. The van der Waals surface area contributed by atoms with Crippen molar-refractivity contribution in [2.45, 2.75) is 18.8 Å². The van der Waals surface area contributed by atoms with Crippen molar-refractivity contribution >= 4 is 11.9 Å². The molecule has 0 aromatic carbocycles. The highest BCUT2D eigenvalue weighted by molar-refractivity contribution is 6.01. The Morgan fingerprint density at radius 2 is 2.17 bits per heavy atom. The number of aliphatic hydroxyl groups is 1. The van der Waals surface area contributed by atoms with Gasteiger partial charge in [-0.05, 0) is 6.92 Å². The summed E-state index contributed by atoms with van der Waals surface area (Å²) in [5.74, 6) is -0.902. The third kappa shape index (κ3) is 1.13. The molecule has 1 saturated heterocycles. The van der Waals surface area contributed by atoms with Crippen molar-refractivity contribution in [3.63, 3.8) is 0 Å². The number of nitrogens with one attached hydrogen (secondary N) is 2. The van der Waals surface area contributed by atoms with Gasteiger partial charge in [0.25, 0.3) is 5.91 Å². The average Bonchev–Trinajstić information content (AvgIpc) is 2.00. The summed E-state index contributed by atoms with van der Waals surface area (Å²) in [4.78, 5) is 25.3. The minimum atomic E-state index is -1.85. The first-order chi connectivity index (χ1) is 5.50. The Hall–Kier alpha value is -1.18. The van der Waals surface area contributed by atoms with Crippen molar-refractivity contribution in [3.8, 4) is 0 Å². The Labute approximate surface area is 67.2 Å². The van der Waals surface area contributed by atoms with E-state index in [1.807, 2.05) is 10.6 Å². The summed E-state index contributed by atoms with van der Waals surface area (Å²) in [6, 6.07) is -0.831. The van der Waals surface area contributed by atoms with E-state index in [9.17, 15) is 9.59 Å². The second-order valence-electron chi connectivity index (χ2n) is 2.53. The fourth-order valence-electron chi connectivity index (χ4n) is 0.741. The Bertz CT molecular complexity index is 230. The molecule has 1 aliphatic rings. The van der Waals surface area contributed by atoms with Crippen molar-refractivity contribution in [2.24, 2.45) is 0 Å². The van der Waals surface area contributed by atoms with Crippen LogP contribution in [-0.2, 0) is 9.68 Å². The van der Waals surface area contributed by atoms with Crippen LogP contribution in [0.25, 0.3) is 0 Å². The highest BCUT2D eigenvalue weighted by Gasteiger charge is 2.48. The molecule has 12 heavy (non-hydrogen) atoms. The Morgan fingerprint density at radius 1 is 1.58 bits per heavy atom. The molecule has 7 heteroatoms. The third-order valence-electron chi connectivity index (χ3n) is 1.66. The Kier molecular flexibility index (Phi) is 2.01. The molecule has 1 fully saturated rings. The number of amides is 3. The van der Waals surface area contributed by atoms with Gasteiger partial charge in [-0.3, -0.25) is 15.4 Å². The first-order valence-corrected chi connectivity index (χ1v) is 3.13. The van der Waals surface area contributed by atoms with Gasteiger partial charge in [0.1, 0.15) is 0 Å². The van der Waals surface area contributed by atoms with Crippen LogP contribution in [0, 0.1) is 0 Å². The molecule has 0 bridgehead atoms. The maximum atomic E-state index is 11.0. The van der Waals surface area contributed by atoms with E-state index >= 15 is 0 Å². The predicted molar refractivity (Wildman–Crippen MR) is 34.8 cm³/mol. The molecule has 0 aromatic rings. The van der Waals surface area contributed by atoms with Gasteiger partial charge in [0.05, 0.1) is 0 Å². The molecule has 0 radical (unpaired) electrons. The summed E-state index contributed by atoms with van der Waals surface area (Å²) in [5.41, 5.74) is -1.85. The van der Waals surface area contributed by atoms with Gasteiger partial charge in [0, 0.05) is 0 Å². The van der Waals surface area contributed by atoms with E-state index in [0.717, 1.165) is 6.92 Å². The highest BCUT2D eigenvalue weighted by atomic mass is 17.1. The molecule has 3 amide bonds. The van der Waals surface area contributed by atoms with Crippen molar-refractivity contribution < 1.29 is 24.8 Å². The van der Waals surface area contributed by atoms with E-state index in [1.54, 1.807) is 0 Å². The van der Waals surface area contributed by atoms with Crippen LogP contribution >= 0.6 is 0 Å². The van der Waals surface area contributed by atoms with Crippen LogP contribution in [0.4, 0.5) is 4.79 Å². The number of imide groups is 1. The quantitative estimate of drug-likeness (QED) is 0.284. The van der Waals surface area contributed by atoms with E-state index in [0.29, 0.717) is 0 Å². The van der Waals surface area contributed by atoms with E-state index in [1.165, 1.54) is 0 Å². The van der Waals surface area contributed by atoms with Gasteiger partial charge in [-0.15, -0.1) is 0 Å². The molecule has 68 valence electrons. The van der Waals surface area contributed by atoms with Crippen molar-refractivity contribution in [3.05, 3.63) is 0 Å². The third-order valence-corrected chi connectivity index (χ3v) is 1.66. The number of hydrogen-bond donors (Lipinski definition) is 4. The molecular weight excluding hydrogens is 168 g/mol. The number of urea groups is 1. The highest BCUT2D eigenvalue weighted by Crippen LogP contribution is 2.15. The molecule has 0 saturated carbocycles. The zero-order valence-electron chi connectivity index (χ0n) is 6.20. The first kappa shape index (κ1) is 8.91. The lowest BCUT2D eigenvalue weighted by molar-refractivity contribution is -0.329. The minimum absolute atomic E-state index is 0.831. The molecule has 0 aliphatic carbocycles. The predicted octanol–water partition coefficient (Wildman–Crippen LogP) is -1.61. The monoisotopic (exact) mass is 176 g/mol. The van der Waals surface area contributed by atoms with Crippen molar-refractivity contribution in [2.75, 3.05) is 0 Å². The standard InChI is InChI=1S/C5H8N2O5/c1-5(12-11)2(8)6-4(10)7-3(5)9/h2,8,11H,1H3,(H2,6,7,9,10). The molecule has 2 unspecified atom stereocenters. The maximum Gasteiger partial charge on any atom is 0.323 e. The lowest BCUT2D eigenvalue weighted by atomic mass is 10.0. The Morgan fingerprint density at radius 3 is 2.58 bits per heavy atom. The number of carbonyl (C=O) groups excluding carboxylic acids is 2. The molecular formula is C5H8N2O5. The summed E-state index contributed by atoms with van der Waals surface area (Å²) < 4.78 is 0. The normalized spacial score (nSPS) is 35.8. The Balaban J connectivity index is 2.87. The SMILES string of the molecule is CC1(OO)C(=O)NC(=O)NC1O. The summed E-state index contributed by atoms with van der Waals surface area (Å²) in [7, 11) is 0. The number of aliphatic hydroxyl groups excluding tert-OH is 1. The number of carbonyl (C=O) groups is 2. The second-order valence-corrected chi connectivity index (χ2v) is 2.53. The maximum absolute atomic E-state index is 11.0. The van der Waals surface area contributed by atoms with Gasteiger partial charge in [0.2, 0.25) is 5.60 Å². The van der Waals surface area contributed by atoms with Crippen LogP contribution in [0.5, 0.6) is 0 Å². The average molecular weight is 176 g/mol. The van der Waals surface area contributed by atoms with Gasteiger partial charge in [-0.2, -0.15) is 0 Å². The molecule has 2 atom stereocenters. The summed E-state index contributed by atoms with van der Waals surface area (Å²) in [6.07, 6.45) is -1.57. The molecule has 0 aromatic heterocycles. The van der Waals surface area contributed by atoms with Gasteiger partial charge in [-0.25, -0.2) is 9.68 Å². The summed E-state index contributed by atoms with van der Waals surface area (Å²) in [6.45, 7) is 1.13. The second kappa shape index (κ2) is 2.70. The van der Waals surface area contributed by atoms with Crippen LogP contribution < -0.4 is 10.6 Å². The van der Waals surface area contributed by atoms with Crippen molar-refractivity contribution in [1.29, 1.82) is 0 Å². The van der Waals surface area contributed by atoms with E-state index in [4.69, 9.17) is 10.4 Å². The van der Waals surface area contributed by atoms with Crippen LogP contribution in [0.3, 0.4) is 0 Å². The van der Waals surface area contributed by atoms with Crippen molar-refractivity contribution in [1.82, 2.24) is 10.6 Å². The van der Waals surface area contributed by atoms with Gasteiger partial charge in [-0.1, -0.05) is 0 Å². The number of rotatable bonds is 1. The zero-order valence-corrected chi connectivity index (χ0v) is 6.20. The zero-order chi connectivity index (χ0) is 9.35. The number of hydrogen-bond acceptors (Lipinski definition) is 5. The van der Waals surface area contributed by atoms with Crippen LogP contribution in [-0.4, -0.2) is 34.1 Å². The van der Waals surface area contributed by atoms with Crippen LogP contribution in [0.15, 0.2) is 0 Å². The van der Waals surface area contributed by atoms with Crippen LogP contribution in [0.2, 0.25) is 0 Å². The molecule has 1 rings (SSSR count). The molecule has 1 heterocycles. The van der Waals surface area contributed by atoms with Gasteiger partial charge in [0.15, 0.2) is 6.23 Å². The van der Waals surface area contributed by atoms with Gasteiger partial charge >= 0.3 is 6.03 Å². The summed E-state index contributed by atoms with van der Waals surface area (Å²) in [5, 5.41) is 21.2. The lowest BCUT2D eigenvalue weighted by Crippen LogP contribution is -2.68. The van der Waals surface area contributed by atoms with Gasteiger partial charge < -0.3 is 10.4 Å². The van der Waals surface area contributed by atoms with E-state index in [2.05, 4.69) is 4.89 Å². The van der Waals surface area contributed by atoms with Crippen LogP contribution in [0.1, 0.15) is 6.92 Å². The first-order valence-electron chi connectivity index (χ1n) is 3.13.